The number of hydrogen-bond acceptors (Lipinski definition) is 5. The minimum Gasteiger partial charge on any atom is -0.271 e. The molecule has 1 rings (SSSR count). The van der Waals surface area contributed by atoms with E-state index in [1.165, 1.54) is 29.3 Å². The van der Waals surface area contributed by atoms with Crippen molar-refractivity contribution in [2.75, 3.05) is 0 Å². The summed E-state index contributed by atoms with van der Waals surface area (Å²) in [6.07, 6.45) is 3.48. The Morgan fingerprint density at radius 3 is 2.56 bits per heavy atom. The van der Waals surface area contributed by atoms with Crippen LogP contribution in [0.5, 0.6) is 0 Å². The normalized spacial score (nSPS) is 15.7. The molecule has 1 aromatic heterocycles. The Morgan fingerprint density at radius 1 is 1.39 bits per heavy atom. The van der Waals surface area contributed by atoms with Gasteiger partial charge in [-0.3, -0.25) is 11.3 Å². The first kappa shape index (κ1) is 15.5. The quantitative estimate of drug-likeness (QED) is 0.615. The number of hydrogen-bond donors (Lipinski definition) is 2. The van der Waals surface area contributed by atoms with E-state index in [1.807, 2.05) is 0 Å². The molecule has 4 nitrogen and oxygen atoms in total. The molecule has 1 heterocycles. The first-order chi connectivity index (χ1) is 8.40. The minimum atomic E-state index is 0.0193. The van der Waals surface area contributed by atoms with Crippen LogP contribution in [0.25, 0.3) is 0 Å². The van der Waals surface area contributed by atoms with Crippen LogP contribution < -0.4 is 11.3 Å². The van der Waals surface area contributed by atoms with Crippen LogP contribution in [0.4, 0.5) is 0 Å². The van der Waals surface area contributed by atoms with Crippen molar-refractivity contribution < 1.29 is 0 Å². The second-order valence-electron chi connectivity index (χ2n) is 6.08. The van der Waals surface area contributed by atoms with Gasteiger partial charge in [-0.15, -0.1) is 5.10 Å². The van der Waals surface area contributed by atoms with Gasteiger partial charge in [0.1, 0.15) is 0 Å². The molecule has 1 aromatic rings. The maximum absolute atomic E-state index is 5.72. The summed E-state index contributed by atoms with van der Waals surface area (Å²) < 4.78 is 4.11. The molecule has 5 heteroatoms. The highest BCUT2D eigenvalue weighted by atomic mass is 32.1. The van der Waals surface area contributed by atoms with Crippen LogP contribution in [0.2, 0.25) is 0 Å². The van der Waals surface area contributed by atoms with Crippen LogP contribution in [0.3, 0.4) is 0 Å². The lowest BCUT2D eigenvalue weighted by molar-refractivity contribution is 0.392. The summed E-state index contributed by atoms with van der Waals surface area (Å²) in [6, 6.07) is 0.167. The highest BCUT2D eigenvalue weighted by Crippen LogP contribution is 2.33. The molecule has 0 amide bonds. The van der Waals surface area contributed by atoms with Gasteiger partial charge in [-0.05, 0) is 23.9 Å². The summed E-state index contributed by atoms with van der Waals surface area (Å²) in [5.41, 5.74) is 4.02. The van der Waals surface area contributed by atoms with Crippen LogP contribution in [-0.2, 0) is 5.41 Å². The smallest absolute Gasteiger partial charge is 0.0857 e. The summed E-state index contributed by atoms with van der Waals surface area (Å²) in [6.45, 7) is 11.0. The molecule has 2 unspecified atom stereocenters. The maximum Gasteiger partial charge on any atom is 0.0857 e. The summed E-state index contributed by atoms with van der Waals surface area (Å²) in [5, 5.41) is 4.28. The van der Waals surface area contributed by atoms with E-state index in [0.717, 1.165) is 12.1 Å². The zero-order chi connectivity index (χ0) is 13.8. The number of nitrogens with one attached hydrogen (secondary N) is 1. The van der Waals surface area contributed by atoms with Gasteiger partial charge in [-0.25, -0.2) is 0 Å². The lowest BCUT2D eigenvalue weighted by Gasteiger charge is -2.23. The third-order valence-electron chi connectivity index (χ3n) is 3.16. The van der Waals surface area contributed by atoms with Crippen molar-refractivity contribution in [3.63, 3.8) is 0 Å². The molecule has 0 aromatic carbocycles. The Morgan fingerprint density at radius 2 is 2.06 bits per heavy atom. The van der Waals surface area contributed by atoms with E-state index < -0.39 is 0 Å². The largest absolute Gasteiger partial charge is 0.271 e. The van der Waals surface area contributed by atoms with E-state index in [4.69, 9.17) is 5.84 Å². The zero-order valence-electron chi connectivity index (χ0n) is 12.2. The Bertz CT molecular complexity index is 356. The Hall–Kier alpha value is -0.520. The predicted octanol–water partition coefficient (Wildman–Crippen LogP) is 3.17. The first-order valence-electron chi connectivity index (χ1n) is 6.69. The second-order valence-corrected chi connectivity index (χ2v) is 6.87. The fraction of sp³-hybridized carbons (Fsp3) is 0.846. The second kappa shape index (κ2) is 6.59. The van der Waals surface area contributed by atoms with E-state index >= 15 is 0 Å². The minimum absolute atomic E-state index is 0.0193. The Balaban J connectivity index is 2.86. The molecule has 3 N–H and O–H groups in total. The monoisotopic (exact) mass is 270 g/mol. The van der Waals surface area contributed by atoms with Gasteiger partial charge in [0.25, 0.3) is 0 Å². The molecule has 0 fully saturated rings. The zero-order valence-corrected chi connectivity index (χ0v) is 13.0. The summed E-state index contributed by atoms with van der Waals surface area (Å²) in [4.78, 5) is 1.19. The van der Waals surface area contributed by atoms with Gasteiger partial charge in [0.2, 0.25) is 0 Å². The molecule has 0 aliphatic carbocycles. The average molecular weight is 270 g/mol. The first-order valence-corrected chi connectivity index (χ1v) is 7.46. The van der Waals surface area contributed by atoms with E-state index in [-0.39, 0.29) is 11.5 Å². The average Bonchev–Trinajstić information content (AvgIpc) is 2.74. The molecule has 0 aliphatic heterocycles. The molecule has 2 atom stereocenters. The maximum atomic E-state index is 5.72. The highest BCUT2D eigenvalue weighted by Gasteiger charge is 2.27. The Labute approximate surface area is 114 Å². The lowest BCUT2D eigenvalue weighted by atomic mass is 9.88. The number of rotatable bonds is 6. The van der Waals surface area contributed by atoms with Gasteiger partial charge < -0.3 is 0 Å². The molecular formula is C13H26N4S. The van der Waals surface area contributed by atoms with Gasteiger partial charge in [0.05, 0.1) is 16.6 Å². The molecule has 0 spiro atoms. The van der Waals surface area contributed by atoms with Crippen molar-refractivity contribution in [2.45, 2.75) is 65.3 Å². The number of hydrazine groups is 1. The topological polar surface area (TPSA) is 63.8 Å². The van der Waals surface area contributed by atoms with Gasteiger partial charge in [-0.1, -0.05) is 51.9 Å². The van der Waals surface area contributed by atoms with Gasteiger partial charge in [0.15, 0.2) is 0 Å². The van der Waals surface area contributed by atoms with Crippen LogP contribution in [0.15, 0.2) is 0 Å². The standard InChI is InChI=1S/C13H26N4S/c1-6-7-9(2)8-10(15-14)11-12(13(3,4)5)16-17-18-11/h9-10,15H,6-8,14H2,1-5H3. The summed E-state index contributed by atoms with van der Waals surface area (Å²) >= 11 is 1.47. The SMILES string of the molecule is CCCC(C)CC(NN)c1snnc1C(C)(C)C. The third-order valence-corrected chi connectivity index (χ3v) is 4.00. The van der Waals surface area contributed by atoms with Crippen LogP contribution in [0, 0.1) is 5.92 Å². The van der Waals surface area contributed by atoms with Crippen LogP contribution >= 0.6 is 11.5 Å². The van der Waals surface area contributed by atoms with Crippen molar-refractivity contribution in [3.05, 3.63) is 10.6 Å². The number of nitrogens with zero attached hydrogens (tertiary/aromatic N) is 2. The summed E-state index contributed by atoms with van der Waals surface area (Å²) in [7, 11) is 0. The molecular weight excluding hydrogens is 244 g/mol. The van der Waals surface area contributed by atoms with E-state index in [9.17, 15) is 0 Å². The molecule has 0 saturated heterocycles. The van der Waals surface area contributed by atoms with Crippen molar-refractivity contribution in [1.29, 1.82) is 0 Å². The van der Waals surface area contributed by atoms with Crippen molar-refractivity contribution in [2.24, 2.45) is 11.8 Å². The van der Waals surface area contributed by atoms with Crippen molar-refractivity contribution in [1.82, 2.24) is 15.0 Å². The molecule has 104 valence electrons. The van der Waals surface area contributed by atoms with Gasteiger partial charge in [-0.2, -0.15) is 0 Å². The van der Waals surface area contributed by atoms with E-state index in [0.29, 0.717) is 5.92 Å². The molecule has 0 aliphatic rings. The predicted molar refractivity (Wildman–Crippen MR) is 77.4 cm³/mol. The van der Waals surface area contributed by atoms with Crippen LogP contribution in [-0.4, -0.2) is 9.59 Å². The number of nitrogens with two attached hydrogens (primary N) is 1. The Kier molecular flexibility index (Phi) is 5.69. The molecule has 0 saturated carbocycles. The molecule has 18 heavy (non-hydrogen) atoms. The molecule has 0 bridgehead atoms. The third kappa shape index (κ3) is 4.00. The lowest BCUT2D eigenvalue weighted by Crippen LogP contribution is -2.30. The number of aromatic nitrogens is 2. The fourth-order valence-electron chi connectivity index (χ4n) is 2.21. The molecule has 0 radical (unpaired) electrons. The van der Waals surface area contributed by atoms with Crippen LogP contribution in [0.1, 0.15) is 70.5 Å². The highest BCUT2D eigenvalue weighted by molar-refractivity contribution is 7.05. The van der Waals surface area contributed by atoms with Gasteiger partial charge in [0, 0.05) is 5.41 Å². The van der Waals surface area contributed by atoms with E-state index in [1.54, 1.807) is 0 Å². The van der Waals surface area contributed by atoms with Crippen molar-refractivity contribution >= 4 is 11.5 Å². The van der Waals surface area contributed by atoms with E-state index in [2.05, 4.69) is 49.6 Å². The summed E-state index contributed by atoms with van der Waals surface area (Å²) in [5.74, 6) is 6.38. The fourth-order valence-corrected chi connectivity index (χ4v) is 3.15. The van der Waals surface area contributed by atoms with Crippen molar-refractivity contribution in [3.8, 4) is 0 Å². The van der Waals surface area contributed by atoms with Gasteiger partial charge >= 0.3 is 0 Å².